The quantitative estimate of drug-likeness (QED) is 0.455. The van der Waals surface area contributed by atoms with Crippen LogP contribution >= 0.6 is 0 Å². The summed E-state index contributed by atoms with van der Waals surface area (Å²) < 4.78 is 41.9. The number of ether oxygens (including phenoxy) is 1. The van der Waals surface area contributed by atoms with Crippen LogP contribution in [-0.4, -0.2) is 6.36 Å². The van der Waals surface area contributed by atoms with E-state index in [4.69, 9.17) is 0 Å². The number of halogens is 3. The summed E-state index contributed by atoms with van der Waals surface area (Å²) in [4.78, 5) is 0. The first-order chi connectivity index (χ1) is 13.4. The van der Waals surface area contributed by atoms with Gasteiger partial charge >= 0.3 is 6.36 Å². The van der Waals surface area contributed by atoms with Crippen LogP contribution in [0.1, 0.15) is 83.1 Å². The second-order valence-corrected chi connectivity index (χ2v) is 9.04. The first-order valence-corrected chi connectivity index (χ1v) is 11.3. The highest BCUT2D eigenvalue weighted by Crippen LogP contribution is 2.43. The molecule has 2 aliphatic rings. The van der Waals surface area contributed by atoms with E-state index in [9.17, 15) is 13.2 Å². The van der Waals surface area contributed by atoms with Gasteiger partial charge in [-0.25, -0.2) is 0 Å². The van der Waals surface area contributed by atoms with E-state index < -0.39 is 6.36 Å². The Morgan fingerprint density at radius 2 is 1.36 bits per heavy atom. The predicted molar refractivity (Wildman–Crippen MR) is 107 cm³/mol. The molecule has 0 amide bonds. The van der Waals surface area contributed by atoms with Crippen molar-refractivity contribution in [3.63, 3.8) is 0 Å². The summed E-state index contributed by atoms with van der Waals surface area (Å²) in [5.74, 6) is 3.39. The van der Waals surface area contributed by atoms with E-state index in [1.54, 1.807) is 18.2 Å². The van der Waals surface area contributed by atoms with Gasteiger partial charge in [0.15, 0.2) is 0 Å². The number of rotatable bonds is 7. The molecule has 0 atom stereocenters. The fourth-order valence-corrected chi connectivity index (χ4v) is 5.60. The lowest BCUT2D eigenvalue weighted by molar-refractivity contribution is -0.274. The molecule has 0 spiro atoms. The van der Waals surface area contributed by atoms with Gasteiger partial charge in [-0.1, -0.05) is 63.6 Å². The van der Waals surface area contributed by atoms with Crippen molar-refractivity contribution in [3.05, 3.63) is 29.8 Å². The van der Waals surface area contributed by atoms with Crippen LogP contribution < -0.4 is 4.74 Å². The number of hydrogen-bond acceptors (Lipinski definition) is 1. The Labute approximate surface area is 168 Å². The average Bonchev–Trinajstić information content (AvgIpc) is 2.67. The van der Waals surface area contributed by atoms with Gasteiger partial charge in [0.1, 0.15) is 5.75 Å². The van der Waals surface area contributed by atoms with Crippen LogP contribution in [0.5, 0.6) is 5.75 Å². The van der Waals surface area contributed by atoms with Crippen LogP contribution in [0.2, 0.25) is 0 Å². The van der Waals surface area contributed by atoms with Crippen LogP contribution in [0.3, 0.4) is 0 Å². The largest absolute Gasteiger partial charge is 0.573 e. The monoisotopic (exact) mass is 396 g/mol. The Hall–Kier alpha value is -1.19. The van der Waals surface area contributed by atoms with Gasteiger partial charge in [-0.15, -0.1) is 13.2 Å². The molecule has 0 aromatic heterocycles. The number of aryl methyl sites for hydroxylation is 1. The summed E-state index contributed by atoms with van der Waals surface area (Å²) in [7, 11) is 0. The highest BCUT2D eigenvalue weighted by molar-refractivity contribution is 5.33. The Kier molecular flexibility index (Phi) is 7.70. The maximum Gasteiger partial charge on any atom is 0.573 e. The van der Waals surface area contributed by atoms with Crippen molar-refractivity contribution in [2.75, 3.05) is 0 Å². The van der Waals surface area contributed by atoms with Crippen LogP contribution in [0.15, 0.2) is 24.3 Å². The van der Waals surface area contributed by atoms with Crippen molar-refractivity contribution in [2.24, 2.45) is 23.7 Å². The topological polar surface area (TPSA) is 9.23 Å². The SMILES string of the molecule is CCCC1CCC(C2CCC(CCc3ccccc3OC(F)(F)F)CC2)CC1. The van der Waals surface area contributed by atoms with E-state index in [0.29, 0.717) is 17.9 Å². The van der Waals surface area contributed by atoms with Gasteiger partial charge in [-0.3, -0.25) is 0 Å². The minimum Gasteiger partial charge on any atom is -0.406 e. The van der Waals surface area contributed by atoms with Crippen molar-refractivity contribution >= 4 is 0 Å². The molecule has 0 radical (unpaired) electrons. The zero-order valence-corrected chi connectivity index (χ0v) is 17.1. The highest BCUT2D eigenvalue weighted by atomic mass is 19.4. The molecule has 1 aromatic rings. The van der Waals surface area contributed by atoms with Gasteiger partial charge in [0, 0.05) is 0 Å². The lowest BCUT2D eigenvalue weighted by Gasteiger charge is -2.38. The van der Waals surface area contributed by atoms with Crippen molar-refractivity contribution in [1.29, 1.82) is 0 Å². The molecule has 0 N–H and O–H groups in total. The molecule has 1 aromatic carbocycles. The molecule has 28 heavy (non-hydrogen) atoms. The minimum absolute atomic E-state index is 0.0347. The third-order valence-corrected chi connectivity index (χ3v) is 7.17. The van der Waals surface area contributed by atoms with Crippen molar-refractivity contribution in [3.8, 4) is 5.75 Å². The smallest absolute Gasteiger partial charge is 0.406 e. The summed E-state index contributed by atoms with van der Waals surface area (Å²) in [5, 5.41) is 0. The van der Waals surface area contributed by atoms with Gasteiger partial charge in [-0.2, -0.15) is 0 Å². The molecule has 3 rings (SSSR count). The highest BCUT2D eigenvalue weighted by Gasteiger charge is 2.33. The molecule has 158 valence electrons. The van der Waals surface area contributed by atoms with Crippen molar-refractivity contribution in [1.82, 2.24) is 0 Å². The molecule has 1 nitrogen and oxygen atoms in total. The molecular weight excluding hydrogens is 361 g/mol. The molecule has 0 saturated heterocycles. The Morgan fingerprint density at radius 1 is 0.821 bits per heavy atom. The molecule has 2 aliphatic carbocycles. The molecule has 0 heterocycles. The number of alkyl halides is 3. The summed E-state index contributed by atoms with van der Waals surface area (Å²) in [6.45, 7) is 2.29. The van der Waals surface area contributed by atoms with Gasteiger partial charge < -0.3 is 4.74 Å². The molecule has 2 fully saturated rings. The lowest BCUT2D eigenvalue weighted by atomic mass is 9.68. The van der Waals surface area contributed by atoms with E-state index in [-0.39, 0.29) is 5.75 Å². The van der Waals surface area contributed by atoms with E-state index in [1.165, 1.54) is 70.3 Å². The Morgan fingerprint density at radius 3 is 1.89 bits per heavy atom. The molecular formula is C24H35F3O. The molecule has 2 saturated carbocycles. The van der Waals surface area contributed by atoms with Gasteiger partial charge in [-0.05, 0) is 73.8 Å². The van der Waals surface area contributed by atoms with E-state index in [2.05, 4.69) is 11.7 Å². The summed E-state index contributed by atoms with van der Waals surface area (Å²) in [5.41, 5.74) is 0.677. The molecule has 4 heteroatoms. The zero-order valence-electron chi connectivity index (χ0n) is 17.1. The van der Waals surface area contributed by atoms with Gasteiger partial charge in [0.05, 0.1) is 0 Å². The van der Waals surface area contributed by atoms with Crippen LogP contribution in [0, 0.1) is 23.7 Å². The third kappa shape index (κ3) is 6.42. The average molecular weight is 397 g/mol. The number of benzene rings is 1. The first kappa shape index (κ1) is 21.5. The summed E-state index contributed by atoms with van der Waals surface area (Å²) in [6, 6.07) is 6.59. The summed E-state index contributed by atoms with van der Waals surface area (Å²) in [6.07, 6.45) is 10.5. The van der Waals surface area contributed by atoms with E-state index >= 15 is 0 Å². The normalized spacial score (nSPS) is 28.9. The Balaban J connectivity index is 1.42. The number of para-hydroxylation sites is 1. The van der Waals surface area contributed by atoms with Crippen molar-refractivity contribution < 1.29 is 17.9 Å². The first-order valence-electron chi connectivity index (χ1n) is 11.3. The molecule has 0 bridgehead atoms. The number of hydrogen-bond donors (Lipinski definition) is 0. The third-order valence-electron chi connectivity index (χ3n) is 7.17. The fourth-order valence-electron chi connectivity index (χ4n) is 5.60. The molecule has 0 unspecified atom stereocenters. The van der Waals surface area contributed by atoms with Crippen LogP contribution in [-0.2, 0) is 6.42 Å². The maximum atomic E-state index is 12.6. The van der Waals surface area contributed by atoms with E-state index in [1.807, 2.05) is 0 Å². The molecule has 0 aliphatic heterocycles. The van der Waals surface area contributed by atoms with Gasteiger partial charge in [0.2, 0.25) is 0 Å². The van der Waals surface area contributed by atoms with Crippen LogP contribution in [0.4, 0.5) is 13.2 Å². The van der Waals surface area contributed by atoms with Crippen LogP contribution in [0.25, 0.3) is 0 Å². The fraction of sp³-hybridized carbons (Fsp3) is 0.750. The minimum atomic E-state index is -4.62. The lowest BCUT2D eigenvalue weighted by Crippen LogP contribution is -2.26. The second-order valence-electron chi connectivity index (χ2n) is 9.04. The summed E-state index contributed by atoms with van der Waals surface area (Å²) >= 11 is 0. The Bertz CT molecular complexity index is 582. The second kappa shape index (κ2) is 10.0. The standard InChI is InChI=1S/C24H35F3O/c1-2-5-18-8-13-20(14-9-18)21-15-10-19(11-16-21)12-17-22-6-3-4-7-23(22)28-24(25,26)27/h3-4,6-7,18-21H,2,5,8-17H2,1H3. The predicted octanol–water partition coefficient (Wildman–Crippen LogP) is 7.93. The van der Waals surface area contributed by atoms with Gasteiger partial charge in [0.25, 0.3) is 0 Å². The van der Waals surface area contributed by atoms with Crippen molar-refractivity contribution in [2.45, 2.75) is 90.3 Å². The van der Waals surface area contributed by atoms with E-state index in [0.717, 1.165) is 24.2 Å². The maximum absolute atomic E-state index is 12.6. The zero-order chi connectivity index (χ0) is 20.0.